The standard InChI is InChI=1S/C25H17NO7/c1-2-23(27)30-16-31-25(29)33-22-13-9-20(10-14-22)24(28)32-21-11-7-19(8-12-21)18-5-3-17(15-26)4-6-18/h2-14H,1,16H2. The van der Waals surface area contributed by atoms with Crippen molar-refractivity contribution in [2.75, 3.05) is 6.79 Å². The van der Waals surface area contributed by atoms with Crippen LogP contribution in [0.4, 0.5) is 4.79 Å². The molecule has 0 atom stereocenters. The average molecular weight is 443 g/mol. The van der Waals surface area contributed by atoms with Gasteiger partial charge in [0.2, 0.25) is 6.79 Å². The third kappa shape index (κ3) is 6.54. The molecule has 8 nitrogen and oxygen atoms in total. The number of hydrogen-bond acceptors (Lipinski definition) is 8. The monoisotopic (exact) mass is 443 g/mol. The fourth-order valence-corrected chi connectivity index (χ4v) is 2.60. The molecular formula is C25H17NO7. The third-order valence-corrected chi connectivity index (χ3v) is 4.25. The predicted molar refractivity (Wildman–Crippen MR) is 116 cm³/mol. The molecule has 3 aromatic carbocycles. The van der Waals surface area contributed by atoms with E-state index in [9.17, 15) is 14.4 Å². The summed E-state index contributed by atoms with van der Waals surface area (Å²) in [5, 5.41) is 8.88. The summed E-state index contributed by atoms with van der Waals surface area (Å²) in [4.78, 5) is 34.8. The average Bonchev–Trinajstić information content (AvgIpc) is 2.85. The van der Waals surface area contributed by atoms with Crippen molar-refractivity contribution in [2.24, 2.45) is 0 Å². The fourth-order valence-electron chi connectivity index (χ4n) is 2.60. The van der Waals surface area contributed by atoms with E-state index in [-0.39, 0.29) is 11.3 Å². The molecule has 0 aromatic heterocycles. The molecule has 33 heavy (non-hydrogen) atoms. The molecule has 8 heteroatoms. The lowest BCUT2D eigenvalue weighted by atomic mass is 10.0. The predicted octanol–water partition coefficient (Wildman–Crippen LogP) is 4.65. The largest absolute Gasteiger partial charge is 0.516 e. The van der Waals surface area contributed by atoms with E-state index in [1.807, 2.05) is 12.1 Å². The molecule has 0 spiro atoms. The molecule has 0 amide bonds. The van der Waals surface area contributed by atoms with Crippen molar-refractivity contribution in [3.05, 3.63) is 96.6 Å². The summed E-state index contributed by atoms with van der Waals surface area (Å²) in [5.41, 5.74) is 2.66. The van der Waals surface area contributed by atoms with Gasteiger partial charge in [-0.3, -0.25) is 0 Å². The quantitative estimate of drug-likeness (QED) is 0.171. The summed E-state index contributed by atoms with van der Waals surface area (Å²) in [5.74, 6) is -0.852. The molecule has 0 saturated carbocycles. The highest BCUT2D eigenvalue weighted by molar-refractivity contribution is 5.91. The van der Waals surface area contributed by atoms with Gasteiger partial charge in [0, 0.05) is 6.08 Å². The summed E-state index contributed by atoms with van der Waals surface area (Å²) < 4.78 is 19.3. The van der Waals surface area contributed by atoms with Crippen LogP contribution in [0.25, 0.3) is 11.1 Å². The molecule has 3 aromatic rings. The Kier molecular flexibility index (Phi) is 7.54. The first-order valence-corrected chi connectivity index (χ1v) is 9.55. The highest BCUT2D eigenvalue weighted by Gasteiger charge is 2.11. The van der Waals surface area contributed by atoms with Gasteiger partial charge in [0.05, 0.1) is 17.2 Å². The third-order valence-electron chi connectivity index (χ3n) is 4.25. The fraction of sp³-hybridized carbons (Fsp3) is 0.0400. The molecule has 3 rings (SSSR count). The molecule has 0 aliphatic heterocycles. The van der Waals surface area contributed by atoms with Crippen molar-refractivity contribution in [3.8, 4) is 28.7 Å². The Morgan fingerprint density at radius 1 is 0.788 bits per heavy atom. The van der Waals surface area contributed by atoms with Gasteiger partial charge in [-0.05, 0) is 59.7 Å². The van der Waals surface area contributed by atoms with E-state index in [1.54, 1.807) is 36.4 Å². The van der Waals surface area contributed by atoms with Crippen LogP contribution in [-0.2, 0) is 14.3 Å². The number of carbonyl (C=O) groups excluding carboxylic acids is 3. The summed E-state index contributed by atoms with van der Waals surface area (Å²) in [7, 11) is 0. The molecule has 0 aliphatic rings. The molecule has 0 saturated heterocycles. The lowest BCUT2D eigenvalue weighted by Gasteiger charge is -2.08. The molecule has 0 radical (unpaired) electrons. The van der Waals surface area contributed by atoms with Crippen LogP contribution in [0.5, 0.6) is 11.5 Å². The van der Waals surface area contributed by atoms with E-state index in [0.717, 1.165) is 17.2 Å². The Hall–Kier alpha value is -4.90. The van der Waals surface area contributed by atoms with E-state index < -0.39 is 24.9 Å². The Bertz CT molecular complexity index is 1190. The van der Waals surface area contributed by atoms with Gasteiger partial charge in [-0.25, -0.2) is 14.4 Å². The van der Waals surface area contributed by atoms with Crippen LogP contribution in [0.15, 0.2) is 85.5 Å². The highest BCUT2D eigenvalue weighted by atomic mass is 16.8. The zero-order chi connectivity index (χ0) is 23.6. The van der Waals surface area contributed by atoms with E-state index in [1.165, 1.54) is 24.3 Å². The van der Waals surface area contributed by atoms with Gasteiger partial charge in [0.25, 0.3) is 0 Å². The van der Waals surface area contributed by atoms with Crippen LogP contribution in [0.1, 0.15) is 15.9 Å². The molecular weight excluding hydrogens is 426 g/mol. The molecule has 0 unspecified atom stereocenters. The number of rotatable bonds is 7. The first kappa shape index (κ1) is 22.8. The summed E-state index contributed by atoms with van der Waals surface area (Å²) in [6.07, 6.45) is -0.152. The normalized spacial score (nSPS) is 9.79. The van der Waals surface area contributed by atoms with E-state index in [4.69, 9.17) is 14.7 Å². The summed E-state index contributed by atoms with van der Waals surface area (Å²) in [6.45, 7) is 2.59. The lowest BCUT2D eigenvalue weighted by Crippen LogP contribution is -2.15. The van der Waals surface area contributed by atoms with Gasteiger partial charge >= 0.3 is 18.1 Å². The van der Waals surface area contributed by atoms with Crippen molar-refractivity contribution < 1.29 is 33.3 Å². The molecule has 0 fully saturated rings. The number of hydrogen-bond donors (Lipinski definition) is 0. The van der Waals surface area contributed by atoms with Gasteiger partial charge in [0.15, 0.2) is 0 Å². The van der Waals surface area contributed by atoms with E-state index in [0.29, 0.717) is 11.3 Å². The minimum absolute atomic E-state index is 0.123. The number of ether oxygens (including phenoxy) is 4. The Morgan fingerprint density at radius 2 is 1.33 bits per heavy atom. The van der Waals surface area contributed by atoms with Gasteiger partial charge in [-0.15, -0.1) is 0 Å². The minimum atomic E-state index is -1.08. The van der Waals surface area contributed by atoms with Gasteiger partial charge < -0.3 is 18.9 Å². The Balaban J connectivity index is 1.53. The maximum absolute atomic E-state index is 12.4. The smallest absolute Gasteiger partial charge is 0.425 e. The van der Waals surface area contributed by atoms with E-state index >= 15 is 0 Å². The molecule has 0 heterocycles. The first-order valence-electron chi connectivity index (χ1n) is 9.55. The van der Waals surface area contributed by atoms with Crippen LogP contribution >= 0.6 is 0 Å². The van der Waals surface area contributed by atoms with Gasteiger partial charge in [-0.2, -0.15) is 5.26 Å². The SMILES string of the molecule is C=CC(=O)OCOC(=O)Oc1ccc(C(=O)Oc2ccc(-c3ccc(C#N)cc3)cc2)cc1. The Morgan fingerprint density at radius 3 is 1.91 bits per heavy atom. The van der Waals surface area contributed by atoms with Crippen molar-refractivity contribution in [3.63, 3.8) is 0 Å². The zero-order valence-corrected chi connectivity index (χ0v) is 17.2. The van der Waals surface area contributed by atoms with Gasteiger partial charge in [-0.1, -0.05) is 30.8 Å². The molecule has 0 N–H and O–H groups in total. The second-order valence-electron chi connectivity index (χ2n) is 6.41. The number of esters is 2. The number of nitrogens with zero attached hydrogens (tertiary/aromatic N) is 1. The van der Waals surface area contributed by atoms with Crippen LogP contribution in [0.3, 0.4) is 0 Å². The second kappa shape index (κ2) is 10.9. The van der Waals surface area contributed by atoms with Crippen molar-refractivity contribution in [2.45, 2.75) is 0 Å². The first-order chi connectivity index (χ1) is 16.0. The van der Waals surface area contributed by atoms with E-state index in [2.05, 4.69) is 22.1 Å². The number of nitriles is 1. The maximum Gasteiger partial charge on any atom is 0.516 e. The summed E-state index contributed by atoms with van der Waals surface area (Å²) in [6, 6.07) is 21.8. The lowest BCUT2D eigenvalue weighted by molar-refractivity contribution is -0.146. The molecule has 0 aliphatic carbocycles. The van der Waals surface area contributed by atoms with Crippen LogP contribution in [0, 0.1) is 11.3 Å². The second-order valence-corrected chi connectivity index (χ2v) is 6.41. The van der Waals surface area contributed by atoms with Crippen molar-refractivity contribution in [1.29, 1.82) is 5.26 Å². The van der Waals surface area contributed by atoms with Crippen molar-refractivity contribution >= 4 is 18.1 Å². The number of carbonyl (C=O) groups is 3. The van der Waals surface area contributed by atoms with Gasteiger partial charge in [0.1, 0.15) is 11.5 Å². The topological polar surface area (TPSA) is 112 Å². The minimum Gasteiger partial charge on any atom is -0.425 e. The summed E-state index contributed by atoms with van der Waals surface area (Å²) >= 11 is 0. The molecule has 164 valence electrons. The highest BCUT2D eigenvalue weighted by Crippen LogP contribution is 2.23. The molecule has 0 bridgehead atoms. The zero-order valence-electron chi connectivity index (χ0n) is 17.2. The van der Waals surface area contributed by atoms with Crippen molar-refractivity contribution in [1.82, 2.24) is 0 Å². The number of benzene rings is 3. The Labute approximate surface area is 189 Å². The van der Waals surface area contributed by atoms with Crippen LogP contribution in [0.2, 0.25) is 0 Å². The van der Waals surface area contributed by atoms with Crippen LogP contribution < -0.4 is 9.47 Å². The maximum atomic E-state index is 12.4. The van der Waals surface area contributed by atoms with Crippen LogP contribution in [-0.4, -0.2) is 24.9 Å².